The minimum absolute atomic E-state index is 0.164. The molecule has 0 saturated heterocycles. The monoisotopic (exact) mass is 391 g/mol. The lowest BCUT2D eigenvalue weighted by molar-refractivity contribution is -0.115. The number of carbonyl (C=O) groups excluding carboxylic acids is 1. The van der Waals surface area contributed by atoms with Crippen molar-refractivity contribution in [2.75, 3.05) is 5.32 Å². The first-order chi connectivity index (χ1) is 12.5. The summed E-state index contributed by atoms with van der Waals surface area (Å²) in [5.74, 6) is -0.0604. The normalized spacial score (nSPS) is 12.2. The Morgan fingerprint density at radius 1 is 1.38 bits per heavy atom. The first-order valence-corrected chi connectivity index (χ1v) is 9.83. The average molecular weight is 391 g/mol. The number of aryl methyl sites for hydroxylation is 1. The van der Waals surface area contributed by atoms with Crippen molar-refractivity contribution in [3.05, 3.63) is 41.2 Å². The number of nitrogens with one attached hydrogen (secondary N) is 1. The summed E-state index contributed by atoms with van der Waals surface area (Å²) < 4.78 is 15.9. The van der Waals surface area contributed by atoms with Crippen LogP contribution in [0.3, 0.4) is 0 Å². The molecule has 2 heterocycles. The van der Waals surface area contributed by atoms with Crippen molar-refractivity contribution in [3.8, 4) is 11.4 Å². The average Bonchev–Trinajstić information content (AvgIpc) is 3.21. The zero-order valence-electron chi connectivity index (χ0n) is 14.6. The Morgan fingerprint density at radius 2 is 2.15 bits per heavy atom. The number of thiazole rings is 1. The number of amides is 1. The van der Waals surface area contributed by atoms with Crippen molar-refractivity contribution in [1.29, 1.82) is 0 Å². The molecule has 0 fully saturated rings. The van der Waals surface area contributed by atoms with Crippen LogP contribution in [0.25, 0.3) is 11.4 Å². The smallest absolute Gasteiger partial charge is 0.239 e. The number of thioether (sulfide) groups is 1. The standard InChI is InChI=1S/C17H18FN5OS2/c1-4-23-14(12-7-5-6-8-13(12)18)21-22-17(23)26-11(3)15(24)20-16-19-10(2)9-25-16/h5-9,11H,4H2,1-3H3,(H,19,20,24). The minimum Gasteiger partial charge on any atom is -0.302 e. The molecule has 0 spiro atoms. The van der Waals surface area contributed by atoms with E-state index >= 15 is 0 Å². The molecule has 0 aliphatic rings. The molecule has 136 valence electrons. The van der Waals surface area contributed by atoms with E-state index in [-0.39, 0.29) is 11.7 Å². The van der Waals surface area contributed by atoms with Gasteiger partial charge in [0.1, 0.15) is 5.82 Å². The number of nitrogens with zero attached hydrogens (tertiary/aromatic N) is 4. The summed E-state index contributed by atoms with van der Waals surface area (Å²) >= 11 is 2.67. The van der Waals surface area contributed by atoms with Crippen molar-refractivity contribution < 1.29 is 9.18 Å². The number of halogens is 1. The lowest BCUT2D eigenvalue weighted by Crippen LogP contribution is -2.22. The molecule has 1 unspecified atom stereocenters. The Kier molecular flexibility index (Phi) is 5.67. The summed E-state index contributed by atoms with van der Waals surface area (Å²) in [7, 11) is 0. The summed E-state index contributed by atoms with van der Waals surface area (Å²) in [6.45, 7) is 6.16. The summed E-state index contributed by atoms with van der Waals surface area (Å²) in [5, 5.41) is 13.7. The zero-order valence-corrected chi connectivity index (χ0v) is 16.2. The second-order valence-electron chi connectivity index (χ2n) is 5.57. The molecule has 2 aromatic heterocycles. The molecule has 1 N–H and O–H groups in total. The SMILES string of the molecule is CCn1c(SC(C)C(=O)Nc2nc(C)cs2)nnc1-c1ccccc1F. The van der Waals surface area contributed by atoms with Gasteiger partial charge < -0.3 is 9.88 Å². The van der Waals surface area contributed by atoms with Crippen LogP contribution < -0.4 is 5.32 Å². The Labute approximate surface area is 158 Å². The van der Waals surface area contributed by atoms with E-state index in [0.717, 1.165) is 5.69 Å². The Bertz CT molecular complexity index is 924. The molecule has 0 aliphatic heterocycles. The van der Waals surface area contributed by atoms with Crippen LogP contribution in [0.4, 0.5) is 9.52 Å². The molecule has 0 bridgehead atoms. The summed E-state index contributed by atoms with van der Waals surface area (Å²) in [6.07, 6.45) is 0. The largest absolute Gasteiger partial charge is 0.302 e. The minimum atomic E-state index is -0.401. The molecule has 9 heteroatoms. The van der Waals surface area contributed by atoms with Gasteiger partial charge in [0.15, 0.2) is 16.1 Å². The van der Waals surface area contributed by atoms with Gasteiger partial charge in [0.25, 0.3) is 0 Å². The van der Waals surface area contributed by atoms with E-state index in [0.29, 0.717) is 28.2 Å². The maximum absolute atomic E-state index is 14.1. The quantitative estimate of drug-likeness (QED) is 0.643. The number of hydrogen-bond acceptors (Lipinski definition) is 6. The lowest BCUT2D eigenvalue weighted by Gasteiger charge is -2.12. The van der Waals surface area contributed by atoms with Crippen LogP contribution in [-0.4, -0.2) is 30.9 Å². The maximum atomic E-state index is 14.1. The molecule has 0 aliphatic carbocycles. The second-order valence-corrected chi connectivity index (χ2v) is 7.74. The van der Waals surface area contributed by atoms with Crippen LogP contribution in [0.15, 0.2) is 34.8 Å². The molecule has 6 nitrogen and oxygen atoms in total. The molecule has 1 atom stereocenters. The highest BCUT2D eigenvalue weighted by molar-refractivity contribution is 8.00. The van der Waals surface area contributed by atoms with Crippen molar-refractivity contribution in [2.45, 2.75) is 37.7 Å². The summed E-state index contributed by atoms with van der Waals surface area (Å²) in [4.78, 5) is 16.6. The van der Waals surface area contributed by atoms with Gasteiger partial charge in [0.2, 0.25) is 5.91 Å². The van der Waals surface area contributed by atoms with Gasteiger partial charge in [-0.25, -0.2) is 9.37 Å². The summed E-state index contributed by atoms with van der Waals surface area (Å²) in [6, 6.07) is 6.45. The van der Waals surface area contributed by atoms with Crippen molar-refractivity contribution in [1.82, 2.24) is 19.7 Å². The topological polar surface area (TPSA) is 72.7 Å². The fourth-order valence-electron chi connectivity index (χ4n) is 2.33. The number of carbonyl (C=O) groups is 1. The van der Waals surface area contributed by atoms with Gasteiger partial charge in [-0.3, -0.25) is 4.79 Å². The van der Waals surface area contributed by atoms with Crippen LogP contribution in [0.1, 0.15) is 19.5 Å². The van der Waals surface area contributed by atoms with E-state index in [4.69, 9.17) is 0 Å². The molecular formula is C17H18FN5OS2. The van der Waals surface area contributed by atoms with Gasteiger partial charge in [-0.05, 0) is 32.9 Å². The van der Waals surface area contributed by atoms with Gasteiger partial charge >= 0.3 is 0 Å². The van der Waals surface area contributed by atoms with Crippen LogP contribution >= 0.6 is 23.1 Å². The first kappa shape index (κ1) is 18.5. The van der Waals surface area contributed by atoms with E-state index < -0.39 is 5.25 Å². The molecular weight excluding hydrogens is 373 g/mol. The molecule has 26 heavy (non-hydrogen) atoms. The number of aromatic nitrogens is 4. The van der Waals surface area contributed by atoms with E-state index in [1.165, 1.54) is 29.2 Å². The van der Waals surface area contributed by atoms with Crippen molar-refractivity contribution in [2.24, 2.45) is 0 Å². The zero-order chi connectivity index (χ0) is 18.7. The molecule has 3 aromatic rings. The molecule has 1 aromatic carbocycles. The van der Waals surface area contributed by atoms with Crippen molar-refractivity contribution >= 4 is 34.1 Å². The molecule has 3 rings (SSSR count). The van der Waals surface area contributed by atoms with Crippen LogP contribution in [0.5, 0.6) is 0 Å². The predicted octanol–water partition coefficient (Wildman–Crippen LogP) is 3.99. The third kappa shape index (κ3) is 3.94. The van der Waals surface area contributed by atoms with Gasteiger partial charge in [-0.1, -0.05) is 23.9 Å². The van der Waals surface area contributed by atoms with Gasteiger partial charge in [0.05, 0.1) is 16.5 Å². The Hall–Kier alpha value is -2.26. The Morgan fingerprint density at radius 3 is 2.81 bits per heavy atom. The van der Waals surface area contributed by atoms with Gasteiger partial charge in [0, 0.05) is 11.9 Å². The maximum Gasteiger partial charge on any atom is 0.239 e. The van der Waals surface area contributed by atoms with E-state index in [2.05, 4.69) is 20.5 Å². The lowest BCUT2D eigenvalue weighted by atomic mass is 10.2. The highest BCUT2D eigenvalue weighted by Gasteiger charge is 2.22. The van der Waals surface area contributed by atoms with E-state index in [9.17, 15) is 9.18 Å². The van der Waals surface area contributed by atoms with Crippen LogP contribution in [0, 0.1) is 12.7 Å². The van der Waals surface area contributed by atoms with Gasteiger partial charge in [-0.2, -0.15) is 0 Å². The second kappa shape index (κ2) is 7.96. The molecule has 0 radical (unpaired) electrons. The van der Waals surface area contributed by atoms with Crippen LogP contribution in [-0.2, 0) is 11.3 Å². The van der Waals surface area contributed by atoms with Crippen LogP contribution in [0.2, 0.25) is 0 Å². The highest BCUT2D eigenvalue weighted by atomic mass is 32.2. The fraction of sp³-hybridized carbons (Fsp3) is 0.294. The van der Waals surface area contributed by atoms with Gasteiger partial charge in [-0.15, -0.1) is 21.5 Å². The predicted molar refractivity (Wildman–Crippen MR) is 102 cm³/mol. The molecule has 1 amide bonds. The highest BCUT2D eigenvalue weighted by Crippen LogP contribution is 2.28. The fourth-order valence-corrected chi connectivity index (χ4v) is 3.94. The molecule has 0 saturated carbocycles. The van der Waals surface area contributed by atoms with E-state index in [1.54, 1.807) is 29.7 Å². The summed E-state index contributed by atoms with van der Waals surface area (Å²) in [5.41, 5.74) is 1.26. The third-order valence-electron chi connectivity index (χ3n) is 3.65. The number of rotatable bonds is 6. The van der Waals surface area contributed by atoms with E-state index in [1.807, 2.05) is 19.2 Å². The third-order valence-corrected chi connectivity index (χ3v) is 5.60. The Balaban J connectivity index is 1.77. The number of hydrogen-bond donors (Lipinski definition) is 1. The number of anilines is 1. The first-order valence-electron chi connectivity index (χ1n) is 8.07. The number of benzene rings is 1. The van der Waals surface area contributed by atoms with Crippen molar-refractivity contribution in [3.63, 3.8) is 0 Å².